The molecular formula is C19H37NO. The predicted molar refractivity (Wildman–Crippen MR) is 90.6 cm³/mol. The highest BCUT2D eigenvalue weighted by Gasteiger charge is 2.44. The Balaban J connectivity index is 2.18. The molecule has 0 radical (unpaired) electrons. The van der Waals surface area contributed by atoms with Gasteiger partial charge in [-0.2, -0.15) is 0 Å². The minimum Gasteiger partial charge on any atom is -0.377 e. The third kappa shape index (κ3) is 4.22. The molecule has 0 bridgehead atoms. The lowest BCUT2D eigenvalue weighted by molar-refractivity contribution is -0.0760. The van der Waals surface area contributed by atoms with Gasteiger partial charge in [0.25, 0.3) is 0 Å². The Hall–Kier alpha value is -0.0800. The molecule has 2 saturated carbocycles. The van der Waals surface area contributed by atoms with E-state index < -0.39 is 0 Å². The van der Waals surface area contributed by atoms with Crippen LogP contribution in [0.3, 0.4) is 0 Å². The van der Waals surface area contributed by atoms with Crippen molar-refractivity contribution in [1.82, 2.24) is 5.32 Å². The first-order valence-electron chi connectivity index (χ1n) is 9.40. The molecule has 1 N–H and O–H groups in total. The van der Waals surface area contributed by atoms with Crippen molar-refractivity contribution in [3.05, 3.63) is 0 Å². The average Bonchev–Trinajstić information content (AvgIpc) is 2.70. The molecule has 3 atom stereocenters. The van der Waals surface area contributed by atoms with E-state index >= 15 is 0 Å². The summed E-state index contributed by atoms with van der Waals surface area (Å²) >= 11 is 0. The molecule has 0 aromatic carbocycles. The van der Waals surface area contributed by atoms with Gasteiger partial charge >= 0.3 is 0 Å². The third-order valence-electron chi connectivity index (χ3n) is 6.03. The molecule has 0 amide bonds. The van der Waals surface area contributed by atoms with Crippen LogP contribution in [0.5, 0.6) is 0 Å². The molecule has 21 heavy (non-hydrogen) atoms. The van der Waals surface area contributed by atoms with Crippen LogP contribution in [-0.4, -0.2) is 25.3 Å². The van der Waals surface area contributed by atoms with Crippen molar-refractivity contribution in [2.45, 2.75) is 90.2 Å². The van der Waals surface area contributed by atoms with Crippen LogP contribution >= 0.6 is 0 Å². The van der Waals surface area contributed by atoms with Gasteiger partial charge in [-0.25, -0.2) is 0 Å². The molecular weight excluding hydrogens is 258 g/mol. The SMILES string of the molecule is CCNC(C1CC(C)CC(C)C1)C1(OC)CCCCCC1. The summed E-state index contributed by atoms with van der Waals surface area (Å²) < 4.78 is 6.23. The Kier molecular flexibility index (Phi) is 6.55. The molecule has 3 unspecified atom stereocenters. The van der Waals surface area contributed by atoms with E-state index in [-0.39, 0.29) is 5.60 Å². The van der Waals surface area contributed by atoms with Gasteiger partial charge < -0.3 is 10.1 Å². The standard InChI is InChI=1S/C19H37NO/c1-5-20-18(17-13-15(2)12-16(3)14-17)19(21-4)10-8-6-7-9-11-19/h15-18,20H,5-14H2,1-4H3. The maximum absolute atomic E-state index is 6.23. The lowest BCUT2D eigenvalue weighted by atomic mass is 9.68. The van der Waals surface area contributed by atoms with E-state index in [4.69, 9.17) is 4.74 Å². The number of hydrogen-bond donors (Lipinski definition) is 1. The van der Waals surface area contributed by atoms with Crippen molar-refractivity contribution in [2.24, 2.45) is 17.8 Å². The van der Waals surface area contributed by atoms with E-state index in [1.165, 1.54) is 57.8 Å². The van der Waals surface area contributed by atoms with E-state index in [0.29, 0.717) is 6.04 Å². The van der Waals surface area contributed by atoms with Crippen molar-refractivity contribution in [3.63, 3.8) is 0 Å². The van der Waals surface area contributed by atoms with Crippen molar-refractivity contribution < 1.29 is 4.74 Å². The first-order chi connectivity index (χ1) is 10.1. The summed E-state index contributed by atoms with van der Waals surface area (Å²) in [5.41, 5.74) is 0.0912. The second-order valence-electron chi connectivity index (χ2n) is 7.90. The zero-order valence-electron chi connectivity index (χ0n) is 14.8. The van der Waals surface area contributed by atoms with E-state index in [1.54, 1.807) is 0 Å². The number of hydrogen-bond acceptors (Lipinski definition) is 2. The summed E-state index contributed by atoms with van der Waals surface area (Å²) in [6.45, 7) is 8.20. The molecule has 2 heteroatoms. The molecule has 2 aliphatic carbocycles. The molecule has 0 aliphatic heterocycles. The van der Waals surface area contributed by atoms with Crippen LogP contribution in [0, 0.1) is 17.8 Å². The van der Waals surface area contributed by atoms with Crippen LogP contribution in [0.4, 0.5) is 0 Å². The maximum atomic E-state index is 6.23. The minimum absolute atomic E-state index is 0.0912. The van der Waals surface area contributed by atoms with E-state index in [1.807, 2.05) is 7.11 Å². The molecule has 0 heterocycles. The molecule has 2 aliphatic rings. The smallest absolute Gasteiger partial charge is 0.0833 e. The van der Waals surface area contributed by atoms with Gasteiger partial charge in [0, 0.05) is 13.2 Å². The quantitative estimate of drug-likeness (QED) is 0.737. The monoisotopic (exact) mass is 295 g/mol. The molecule has 2 nitrogen and oxygen atoms in total. The van der Waals surface area contributed by atoms with Crippen LogP contribution in [-0.2, 0) is 4.74 Å². The lowest BCUT2D eigenvalue weighted by Gasteiger charge is -2.47. The molecule has 2 rings (SSSR count). The summed E-state index contributed by atoms with van der Waals surface area (Å²) in [4.78, 5) is 0. The molecule has 2 fully saturated rings. The average molecular weight is 296 g/mol. The van der Waals surface area contributed by atoms with Gasteiger partial charge in [0.05, 0.1) is 5.60 Å². The Morgan fingerprint density at radius 1 is 1.00 bits per heavy atom. The normalized spacial score (nSPS) is 35.1. The topological polar surface area (TPSA) is 21.3 Å². The highest BCUT2D eigenvalue weighted by molar-refractivity contribution is 4.99. The summed E-state index contributed by atoms with van der Waals surface area (Å²) in [6.07, 6.45) is 12.1. The molecule has 0 aromatic rings. The van der Waals surface area contributed by atoms with Gasteiger partial charge in [-0.15, -0.1) is 0 Å². The highest BCUT2D eigenvalue weighted by Crippen LogP contribution is 2.42. The molecule has 0 spiro atoms. The number of methoxy groups -OCH3 is 1. The number of likely N-dealkylation sites (N-methyl/N-ethyl adjacent to an activating group) is 1. The zero-order valence-corrected chi connectivity index (χ0v) is 14.8. The minimum atomic E-state index is 0.0912. The zero-order chi connectivity index (χ0) is 15.3. The van der Waals surface area contributed by atoms with Gasteiger partial charge in [-0.1, -0.05) is 46.5 Å². The largest absolute Gasteiger partial charge is 0.377 e. The van der Waals surface area contributed by atoms with Crippen molar-refractivity contribution in [2.75, 3.05) is 13.7 Å². The summed E-state index contributed by atoms with van der Waals surface area (Å²) in [5.74, 6) is 2.54. The van der Waals surface area contributed by atoms with E-state index in [9.17, 15) is 0 Å². The third-order valence-corrected chi connectivity index (χ3v) is 6.03. The Bertz CT molecular complexity index is 286. The molecule has 124 valence electrons. The van der Waals surface area contributed by atoms with Crippen LogP contribution in [0.25, 0.3) is 0 Å². The molecule has 0 aromatic heterocycles. The fraction of sp³-hybridized carbons (Fsp3) is 1.00. The number of nitrogens with one attached hydrogen (secondary N) is 1. The summed E-state index contributed by atoms with van der Waals surface area (Å²) in [6, 6.07) is 0.552. The second kappa shape index (κ2) is 7.97. The van der Waals surface area contributed by atoms with E-state index in [2.05, 4.69) is 26.1 Å². The van der Waals surface area contributed by atoms with Crippen LogP contribution < -0.4 is 5.32 Å². The first kappa shape index (κ1) is 17.3. The van der Waals surface area contributed by atoms with Gasteiger partial charge in [-0.3, -0.25) is 0 Å². The predicted octanol–water partition coefficient (Wildman–Crippen LogP) is 4.78. The lowest BCUT2D eigenvalue weighted by Crippen LogP contribution is -2.56. The van der Waals surface area contributed by atoms with Gasteiger partial charge in [0.2, 0.25) is 0 Å². The van der Waals surface area contributed by atoms with Crippen molar-refractivity contribution in [3.8, 4) is 0 Å². The van der Waals surface area contributed by atoms with Crippen LogP contribution in [0.2, 0.25) is 0 Å². The number of ether oxygens (including phenoxy) is 1. The van der Waals surface area contributed by atoms with Crippen LogP contribution in [0.1, 0.15) is 78.6 Å². The fourth-order valence-electron chi connectivity index (χ4n) is 5.25. The summed E-state index contributed by atoms with van der Waals surface area (Å²) in [5, 5.41) is 3.86. The first-order valence-corrected chi connectivity index (χ1v) is 9.40. The van der Waals surface area contributed by atoms with Gasteiger partial charge in [0.15, 0.2) is 0 Å². The van der Waals surface area contributed by atoms with Gasteiger partial charge in [-0.05, 0) is 56.4 Å². The Morgan fingerprint density at radius 2 is 1.57 bits per heavy atom. The second-order valence-corrected chi connectivity index (χ2v) is 7.90. The van der Waals surface area contributed by atoms with Gasteiger partial charge in [0.1, 0.15) is 0 Å². The van der Waals surface area contributed by atoms with Crippen molar-refractivity contribution >= 4 is 0 Å². The molecule has 0 saturated heterocycles. The Labute approximate surface area is 132 Å². The Morgan fingerprint density at radius 3 is 2.05 bits per heavy atom. The maximum Gasteiger partial charge on any atom is 0.0833 e. The van der Waals surface area contributed by atoms with Crippen LogP contribution in [0.15, 0.2) is 0 Å². The van der Waals surface area contributed by atoms with Crippen molar-refractivity contribution in [1.29, 1.82) is 0 Å². The fourth-order valence-corrected chi connectivity index (χ4v) is 5.25. The number of rotatable bonds is 5. The van der Waals surface area contributed by atoms with E-state index in [0.717, 1.165) is 24.3 Å². The highest BCUT2D eigenvalue weighted by atomic mass is 16.5. The summed E-state index contributed by atoms with van der Waals surface area (Å²) in [7, 11) is 1.96.